The Hall–Kier alpha value is -0.350. The number of fused-ring (bicyclic) bond motifs is 1. The van der Waals surface area contributed by atoms with Crippen molar-refractivity contribution >= 4 is 15.9 Å². The second kappa shape index (κ2) is 3.42. The molecule has 0 fully saturated rings. The summed E-state index contributed by atoms with van der Waals surface area (Å²) >= 11 is 3.57. The molecule has 1 aliphatic heterocycles. The van der Waals surface area contributed by atoms with Crippen molar-refractivity contribution in [2.75, 3.05) is 6.61 Å². The average molecular weight is 245 g/mol. The lowest BCUT2D eigenvalue weighted by Crippen LogP contribution is -2.17. The van der Waals surface area contributed by atoms with Crippen molar-refractivity contribution in [3.8, 4) is 0 Å². The first kappa shape index (κ1) is 9.21. The van der Waals surface area contributed by atoms with Gasteiger partial charge < -0.3 is 4.74 Å². The Morgan fingerprint density at radius 3 is 2.92 bits per heavy atom. The highest BCUT2D eigenvalue weighted by atomic mass is 79.9. The highest BCUT2D eigenvalue weighted by Gasteiger charge is 2.20. The Morgan fingerprint density at radius 2 is 2.31 bits per heavy atom. The summed E-state index contributed by atoms with van der Waals surface area (Å²) in [4.78, 5) is 0. The van der Waals surface area contributed by atoms with E-state index >= 15 is 0 Å². The van der Waals surface area contributed by atoms with Crippen molar-refractivity contribution in [1.29, 1.82) is 0 Å². The van der Waals surface area contributed by atoms with Gasteiger partial charge >= 0.3 is 0 Å². The summed E-state index contributed by atoms with van der Waals surface area (Å²) in [5, 5.41) is 4.54. The monoisotopic (exact) mass is 244 g/mol. The van der Waals surface area contributed by atoms with Crippen molar-refractivity contribution in [2.45, 2.75) is 32.9 Å². The van der Waals surface area contributed by atoms with Crippen LogP contribution in [0.25, 0.3) is 0 Å². The van der Waals surface area contributed by atoms with E-state index in [9.17, 15) is 0 Å². The van der Waals surface area contributed by atoms with E-state index in [0.29, 0.717) is 12.5 Å². The lowest BCUT2D eigenvalue weighted by atomic mass is 10.1. The Morgan fingerprint density at radius 1 is 1.54 bits per heavy atom. The largest absolute Gasteiger partial charge is 0.373 e. The smallest absolute Gasteiger partial charge is 0.0897 e. The number of nitrogens with zero attached hydrogens (tertiary/aromatic N) is 2. The number of ether oxygens (including phenoxy) is 1. The molecule has 0 bridgehead atoms. The van der Waals surface area contributed by atoms with E-state index in [0.717, 1.165) is 23.3 Å². The first-order chi connectivity index (χ1) is 6.20. The molecular formula is C9H13BrN2O. The predicted molar refractivity (Wildman–Crippen MR) is 53.7 cm³/mol. The van der Waals surface area contributed by atoms with Crippen molar-refractivity contribution < 1.29 is 4.74 Å². The summed E-state index contributed by atoms with van der Waals surface area (Å²) < 4.78 is 8.55. The number of halogens is 1. The Labute approximate surface area is 86.2 Å². The lowest BCUT2D eigenvalue weighted by Gasteiger charge is -2.13. The van der Waals surface area contributed by atoms with Gasteiger partial charge in [0.2, 0.25) is 0 Å². The van der Waals surface area contributed by atoms with Crippen LogP contribution in [-0.4, -0.2) is 16.4 Å². The van der Waals surface area contributed by atoms with Gasteiger partial charge in [-0.2, -0.15) is 5.10 Å². The molecule has 2 rings (SSSR count). The van der Waals surface area contributed by atoms with E-state index in [1.54, 1.807) is 0 Å². The van der Waals surface area contributed by atoms with Crippen molar-refractivity contribution in [3.63, 3.8) is 0 Å². The molecule has 0 atom stereocenters. The van der Waals surface area contributed by atoms with Gasteiger partial charge in [0.05, 0.1) is 35.6 Å². The van der Waals surface area contributed by atoms with Gasteiger partial charge in [0, 0.05) is 0 Å². The van der Waals surface area contributed by atoms with Gasteiger partial charge in [0.25, 0.3) is 0 Å². The van der Waals surface area contributed by atoms with Crippen LogP contribution in [0.3, 0.4) is 0 Å². The minimum atomic E-state index is 0.465. The molecular weight excluding hydrogens is 232 g/mol. The van der Waals surface area contributed by atoms with Crippen molar-refractivity contribution in [3.05, 3.63) is 15.9 Å². The van der Waals surface area contributed by atoms with Gasteiger partial charge in [-0.25, -0.2) is 0 Å². The van der Waals surface area contributed by atoms with Gasteiger partial charge in [-0.05, 0) is 21.8 Å². The summed E-state index contributed by atoms with van der Waals surface area (Å²) in [7, 11) is 0. The van der Waals surface area contributed by atoms with Crippen LogP contribution in [0.2, 0.25) is 0 Å². The van der Waals surface area contributed by atoms with Crippen LogP contribution in [0, 0.1) is 0 Å². The molecule has 0 N–H and O–H groups in total. The van der Waals surface area contributed by atoms with Crippen LogP contribution in [0.15, 0.2) is 4.47 Å². The highest BCUT2D eigenvalue weighted by Crippen LogP contribution is 2.29. The normalized spacial score (nSPS) is 16.3. The molecule has 0 unspecified atom stereocenters. The predicted octanol–water partition coefficient (Wildman–Crippen LogP) is 2.30. The lowest BCUT2D eigenvalue weighted by molar-refractivity contribution is 0.0795. The third kappa shape index (κ3) is 1.53. The van der Waals surface area contributed by atoms with Gasteiger partial charge in [-0.15, -0.1) is 0 Å². The Bertz CT molecular complexity index is 320. The van der Waals surface area contributed by atoms with E-state index in [1.807, 2.05) is 4.68 Å². The van der Waals surface area contributed by atoms with Crippen LogP contribution < -0.4 is 0 Å². The van der Waals surface area contributed by atoms with Crippen LogP contribution in [0.1, 0.15) is 31.2 Å². The minimum absolute atomic E-state index is 0.465. The number of rotatable bonds is 1. The second-order valence-corrected chi connectivity index (χ2v) is 4.37. The molecule has 72 valence electrons. The zero-order valence-electron chi connectivity index (χ0n) is 7.88. The Balaban J connectivity index is 2.44. The number of hydrogen-bond acceptors (Lipinski definition) is 2. The molecule has 2 heterocycles. The molecule has 0 aliphatic carbocycles. The summed E-state index contributed by atoms with van der Waals surface area (Å²) in [6.45, 7) is 6.64. The maximum absolute atomic E-state index is 5.38. The molecule has 3 nitrogen and oxygen atoms in total. The fourth-order valence-electron chi connectivity index (χ4n) is 1.51. The molecule has 13 heavy (non-hydrogen) atoms. The third-order valence-corrected chi connectivity index (χ3v) is 3.12. The van der Waals surface area contributed by atoms with Crippen molar-refractivity contribution in [2.24, 2.45) is 0 Å². The summed E-state index contributed by atoms with van der Waals surface area (Å²) in [6.07, 6.45) is 0. The zero-order valence-corrected chi connectivity index (χ0v) is 9.47. The fraction of sp³-hybridized carbons (Fsp3) is 0.667. The summed E-state index contributed by atoms with van der Waals surface area (Å²) in [5.41, 5.74) is 2.32. The van der Waals surface area contributed by atoms with E-state index in [2.05, 4.69) is 34.9 Å². The molecule has 1 aliphatic rings. The van der Waals surface area contributed by atoms with E-state index in [4.69, 9.17) is 4.74 Å². The third-order valence-electron chi connectivity index (χ3n) is 2.25. The molecule has 1 aromatic rings. The van der Waals surface area contributed by atoms with Crippen molar-refractivity contribution in [1.82, 2.24) is 9.78 Å². The van der Waals surface area contributed by atoms with Gasteiger partial charge in [0.15, 0.2) is 0 Å². The minimum Gasteiger partial charge on any atom is -0.373 e. The molecule has 0 aromatic carbocycles. The Kier molecular flexibility index (Phi) is 2.43. The van der Waals surface area contributed by atoms with Gasteiger partial charge in [0.1, 0.15) is 0 Å². The first-order valence-corrected chi connectivity index (χ1v) is 5.32. The zero-order chi connectivity index (χ0) is 9.42. The second-order valence-electron chi connectivity index (χ2n) is 3.58. The van der Waals surface area contributed by atoms with E-state index < -0.39 is 0 Å². The maximum atomic E-state index is 5.38. The molecule has 1 aromatic heterocycles. The van der Waals surface area contributed by atoms with E-state index in [-0.39, 0.29) is 0 Å². The van der Waals surface area contributed by atoms with Crippen LogP contribution >= 0.6 is 15.9 Å². The SMILES string of the molecule is CC(C)c1nn2c(c1Br)COCC2. The quantitative estimate of drug-likeness (QED) is 0.759. The molecule has 0 saturated heterocycles. The van der Waals surface area contributed by atoms with Gasteiger partial charge in [-0.1, -0.05) is 13.8 Å². The summed E-state index contributed by atoms with van der Waals surface area (Å²) in [6, 6.07) is 0. The molecule has 0 spiro atoms. The van der Waals surface area contributed by atoms with Crippen LogP contribution in [0.5, 0.6) is 0 Å². The van der Waals surface area contributed by atoms with Crippen LogP contribution in [0.4, 0.5) is 0 Å². The number of hydrogen-bond donors (Lipinski definition) is 0. The molecule has 0 saturated carbocycles. The first-order valence-electron chi connectivity index (χ1n) is 4.53. The molecule has 0 amide bonds. The fourth-order valence-corrected chi connectivity index (χ4v) is 2.36. The van der Waals surface area contributed by atoms with Gasteiger partial charge in [-0.3, -0.25) is 4.68 Å². The standard InChI is InChI=1S/C9H13BrN2O/c1-6(2)9-8(10)7-5-13-4-3-12(7)11-9/h6H,3-5H2,1-2H3. The number of aromatic nitrogens is 2. The topological polar surface area (TPSA) is 27.1 Å². The molecule has 0 radical (unpaired) electrons. The van der Waals surface area contributed by atoms with E-state index in [1.165, 1.54) is 5.69 Å². The summed E-state index contributed by atoms with van der Waals surface area (Å²) in [5.74, 6) is 0.465. The highest BCUT2D eigenvalue weighted by molar-refractivity contribution is 9.10. The van der Waals surface area contributed by atoms with Crippen LogP contribution in [-0.2, 0) is 17.9 Å². The molecule has 4 heteroatoms. The average Bonchev–Trinajstić information content (AvgIpc) is 2.45. The maximum Gasteiger partial charge on any atom is 0.0897 e.